The van der Waals surface area contributed by atoms with Gasteiger partial charge in [0.2, 0.25) is 11.8 Å². The molecule has 13 nitrogen and oxygen atoms in total. The molecule has 2 aromatic rings. The highest BCUT2D eigenvalue weighted by Crippen LogP contribution is 2.28. The zero-order valence-corrected chi connectivity index (χ0v) is 22.5. The first-order valence-electron chi connectivity index (χ1n) is 12.9. The lowest BCUT2D eigenvalue weighted by molar-refractivity contribution is -0.142. The number of hydrogen-bond donors (Lipinski definition) is 7. The summed E-state index contributed by atoms with van der Waals surface area (Å²) in [5, 5.41) is 19.1. The van der Waals surface area contributed by atoms with Crippen LogP contribution in [0.3, 0.4) is 0 Å². The Morgan fingerprint density at radius 1 is 1.15 bits per heavy atom. The van der Waals surface area contributed by atoms with Crippen molar-refractivity contribution in [2.45, 2.75) is 63.6 Å². The van der Waals surface area contributed by atoms with Crippen LogP contribution in [0, 0.1) is 0 Å². The molecule has 0 aliphatic heterocycles. The Hall–Kier alpha value is -4.13. The third-order valence-electron chi connectivity index (χ3n) is 6.03. The molecule has 1 aromatic carbocycles. The van der Waals surface area contributed by atoms with E-state index in [1.807, 2.05) is 31.2 Å². The Morgan fingerprint density at radius 2 is 1.92 bits per heavy atom. The van der Waals surface area contributed by atoms with E-state index >= 15 is 0 Å². The molecule has 39 heavy (non-hydrogen) atoms. The van der Waals surface area contributed by atoms with Crippen molar-refractivity contribution in [3.05, 3.63) is 30.5 Å². The molecule has 0 aliphatic carbocycles. The van der Waals surface area contributed by atoms with Gasteiger partial charge in [-0.1, -0.05) is 6.07 Å². The van der Waals surface area contributed by atoms with E-state index in [-0.39, 0.29) is 37.2 Å². The quantitative estimate of drug-likeness (QED) is 0.0838. The molecule has 1 heterocycles. The molecule has 13 heteroatoms. The predicted molar refractivity (Wildman–Crippen MR) is 150 cm³/mol. The van der Waals surface area contributed by atoms with Crippen molar-refractivity contribution in [2.75, 3.05) is 25.5 Å². The summed E-state index contributed by atoms with van der Waals surface area (Å²) < 4.78 is 5.39. The maximum Gasteiger partial charge on any atom is 0.326 e. The van der Waals surface area contributed by atoms with E-state index in [9.17, 15) is 19.5 Å². The van der Waals surface area contributed by atoms with E-state index in [1.165, 1.54) is 0 Å². The maximum atomic E-state index is 12.3. The van der Waals surface area contributed by atoms with E-state index < -0.39 is 24.0 Å². The molecule has 0 aliphatic rings. The maximum absolute atomic E-state index is 12.3. The Labute approximate surface area is 227 Å². The summed E-state index contributed by atoms with van der Waals surface area (Å²) in [6.45, 7) is 2.80. The van der Waals surface area contributed by atoms with Gasteiger partial charge in [-0.15, -0.1) is 0 Å². The molecule has 214 valence electrons. The second-order valence-electron chi connectivity index (χ2n) is 9.28. The molecule has 1 unspecified atom stereocenters. The number of aromatic nitrogens is 1. The number of aliphatic imine (C=N–C) groups is 1. The van der Waals surface area contributed by atoms with Crippen molar-refractivity contribution in [3.63, 3.8) is 0 Å². The highest BCUT2D eigenvalue weighted by molar-refractivity contribution is 5.92. The highest BCUT2D eigenvalue weighted by Gasteiger charge is 2.23. The Bertz CT molecular complexity index is 1140. The van der Waals surface area contributed by atoms with Gasteiger partial charge in [-0.05, 0) is 51.2 Å². The largest absolute Gasteiger partial charge is 0.497 e. The fourth-order valence-corrected chi connectivity index (χ4v) is 3.92. The number of pyridine rings is 1. The molecule has 2 amide bonds. The molecular formula is C26H40N8O5. The average Bonchev–Trinajstić information content (AvgIpc) is 2.90. The first-order valence-corrected chi connectivity index (χ1v) is 12.9. The fourth-order valence-electron chi connectivity index (χ4n) is 3.92. The number of carboxylic acid groups (broad SMARTS) is 1. The number of nitrogens with two attached hydrogens (primary N) is 3. The van der Waals surface area contributed by atoms with Gasteiger partial charge in [-0.3, -0.25) is 19.6 Å². The molecular weight excluding hydrogens is 504 g/mol. The summed E-state index contributed by atoms with van der Waals surface area (Å²) in [4.78, 5) is 44.3. The van der Waals surface area contributed by atoms with E-state index in [1.54, 1.807) is 13.3 Å². The summed E-state index contributed by atoms with van der Waals surface area (Å²) in [6.07, 6.45) is 3.88. The number of nitrogens with zero attached hydrogens (tertiary/aromatic N) is 2. The topological polar surface area (TPSA) is 220 Å². The number of guanidine groups is 1. The summed E-state index contributed by atoms with van der Waals surface area (Å²) in [6, 6.07) is 5.67. The lowest BCUT2D eigenvalue weighted by Gasteiger charge is -2.18. The third kappa shape index (κ3) is 11.0. The normalized spacial score (nSPS) is 13.1. The smallest absolute Gasteiger partial charge is 0.326 e. The SMILES string of the molecule is COc1cc(NC(C)CCCNC(=O)CC[C@@H](NC(=O)[C@@H](N)CCCN=C(N)N)C(=O)O)c2ncccc2c1. The highest BCUT2D eigenvalue weighted by atomic mass is 16.5. The standard InChI is InChI=1S/C26H40N8O5/c1-16(33-21-15-18(39-2)14-17-7-4-12-31-23(17)21)6-3-11-30-22(35)10-9-20(25(37)38)34-24(36)19(27)8-5-13-32-26(28)29/h4,7,12,14-16,19-20,33H,3,5-6,8-11,13,27H2,1-2H3,(H,30,35)(H,34,36)(H,37,38)(H4,28,29,32)/t16?,19-,20+/m0/s1. The molecule has 0 saturated carbocycles. The number of hydrogen-bond acceptors (Lipinski definition) is 8. The number of carbonyl (C=O) groups is 3. The Balaban J connectivity index is 1.72. The minimum Gasteiger partial charge on any atom is -0.497 e. The van der Waals surface area contributed by atoms with Gasteiger partial charge in [0.25, 0.3) is 0 Å². The summed E-state index contributed by atoms with van der Waals surface area (Å²) in [5.74, 6) is -1.45. The number of ether oxygens (including phenoxy) is 1. The zero-order chi connectivity index (χ0) is 28.8. The third-order valence-corrected chi connectivity index (χ3v) is 6.03. The van der Waals surface area contributed by atoms with E-state index in [0.29, 0.717) is 25.9 Å². The first kappa shape index (κ1) is 31.1. The van der Waals surface area contributed by atoms with Gasteiger partial charge in [0.1, 0.15) is 11.8 Å². The predicted octanol–water partition coefficient (Wildman–Crippen LogP) is 0.671. The van der Waals surface area contributed by atoms with Crippen molar-refractivity contribution in [1.82, 2.24) is 15.6 Å². The Morgan fingerprint density at radius 3 is 2.62 bits per heavy atom. The number of benzene rings is 1. The number of aliphatic carboxylic acids is 1. The summed E-state index contributed by atoms with van der Waals surface area (Å²) >= 11 is 0. The lowest BCUT2D eigenvalue weighted by atomic mass is 10.1. The summed E-state index contributed by atoms with van der Waals surface area (Å²) in [7, 11) is 1.62. The molecule has 2 rings (SSSR count). The number of rotatable bonds is 17. The van der Waals surface area contributed by atoms with Crippen LogP contribution in [0.4, 0.5) is 5.69 Å². The van der Waals surface area contributed by atoms with Crippen LogP contribution >= 0.6 is 0 Å². The molecule has 1 aromatic heterocycles. The molecule has 0 radical (unpaired) electrons. The number of amides is 2. The molecule has 0 spiro atoms. The van der Waals surface area contributed by atoms with Gasteiger partial charge in [0.15, 0.2) is 5.96 Å². The van der Waals surface area contributed by atoms with Gasteiger partial charge in [-0.25, -0.2) is 4.79 Å². The van der Waals surface area contributed by atoms with Crippen molar-refractivity contribution in [3.8, 4) is 5.75 Å². The van der Waals surface area contributed by atoms with Gasteiger partial charge < -0.3 is 43.0 Å². The Kier molecular flexibility index (Phi) is 12.7. The minimum absolute atomic E-state index is 0.0494. The van der Waals surface area contributed by atoms with Crippen molar-refractivity contribution in [2.24, 2.45) is 22.2 Å². The fraction of sp³-hybridized carbons (Fsp3) is 0.500. The van der Waals surface area contributed by atoms with Crippen LogP contribution in [-0.4, -0.2) is 72.2 Å². The number of anilines is 1. The first-order chi connectivity index (χ1) is 18.6. The number of carboxylic acids is 1. The number of methoxy groups -OCH3 is 1. The van der Waals surface area contributed by atoms with Gasteiger partial charge in [0.05, 0.1) is 24.4 Å². The van der Waals surface area contributed by atoms with Crippen LogP contribution in [0.1, 0.15) is 45.4 Å². The van der Waals surface area contributed by atoms with Crippen LogP contribution in [-0.2, 0) is 14.4 Å². The number of fused-ring (bicyclic) bond motifs is 1. The molecule has 10 N–H and O–H groups in total. The van der Waals surface area contributed by atoms with Crippen LogP contribution in [0.25, 0.3) is 10.9 Å². The van der Waals surface area contributed by atoms with E-state index in [4.69, 9.17) is 21.9 Å². The van der Waals surface area contributed by atoms with Gasteiger partial charge in [0, 0.05) is 43.2 Å². The van der Waals surface area contributed by atoms with Crippen LogP contribution in [0.5, 0.6) is 5.75 Å². The summed E-state index contributed by atoms with van der Waals surface area (Å²) in [5.41, 5.74) is 18.0. The van der Waals surface area contributed by atoms with Crippen LogP contribution < -0.4 is 37.9 Å². The second-order valence-corrected chi connectivity index (χ2v) is 9.28. The molecule has 0 bridgehead atoms. The lowest BCUT2D eigenvalue weighted by Crippen LogP contribution is -2.48. The average molecular weight is 545 g/mol. The van der Waals surface area contributed by atoms with Gasteiger partial charge >= 0.3 is 5.97 Å². The second kappa shape index (κ2) is 16.0. The molecule has 0 fully saturated rings. The van der Waals surface area contributed by atoms with Crippen LogP contribution in [0.2, 0.25) is 0 Å². The number of nitrogens with one attached hydrogen (secondary N) is 3. The minimum atomic E-state index is -1.23. The van der Waals surface area contributed by atoms with Crippen LogP contribution in [0.15, 0.2) is 35.5 Å². The van der Waals surface area contributed by atoms with E-state index in [0.717, 1.165) is 28.8 Å². The van der Waals surface area contributed by atoms with Crippen molar-refractivity contribution in [1.29, 1.82) is 0 Å². The van der Waals surface area contributed by atoms with Crippen molar-refractivity contribution < 1.29 is 24.2 Å². The molecule has 3 atom stereocenters. The number of carbonyl (C=O) groups excluding carboxylic acids is 2. The van der Waals surface area contributed by atoms with Crippen molar-refractivity contribution >= 4 is 40.3 Å². The van der Waals surface area contributed by atoms with E-state index in [2.05, 4.69) is 25.9 Å². The monoisotopic (exact) mass is 544 g/mol. The zero-order valence-electron chi connectivity index (χ0n) is 22.5. The van der Waals surface area contributed by atoms with Gasteiger partial charge in [-0.2, -0.15) is 0 Å². The molecule has 0 saturated heterocycles.